The van der Waals surface area contributed by atoms with E-state index in [4.69, 9.17) is 0 Å². The molecule has 1 N–H and O–H groups in total. The van der Waals surface area contributed by atoms with Crippen LogP contribution in [0.2, 0.25) is 0 Å². The molecule has 3 heterocycles. The molecule has 0 bridgehead atoms. The highest BCUT2D eigenvalue weighted by Crippen LogP contribution is 2.39. The fraction of sp³-hybridized carbons (Fsp3) is 0.267. The summed E-state index contributed by atoms with van der Waals surface area (Å²) in [7, 11) is 0. The van der Waals surface area contributed by atoms with E-state index in [1.54, 1.807) is 25.4 Å². The third-order valence-electron chi connectivity index (χ3n) is 7.37. The minimum absolute atomic E-state index is 0.0240. The predicted octanol–water partition coefficient (Wildman–Crippen LogP) is 5.76. The molecule has 1 atom stereocenters. The van der Waals surface area contributed by atoms with Gasteiger partial charge < -0.3 is 5.32 Å². The van der Waals surface area contributed by atoms with Crippen LogP contribution in [0.5, 0.6) is 0 Å². The summed E-state index contributed by atoms with van der Waals surface area (Å²) in [5, 5.41) is 9.18. The van der Waals surface area contributed by atoms with Crippen LogP contribution in [0.25, 0.3) is 10.8 Å². The van der Waals surface area contributed by atoms with E-state index >= 15 is 0 Å². The predicted molar refractivity (Wildman–Crippen MR) is 139 cm³/mol. The number of alkyl halides is 3. The van der Waals surface area contributed by atoms with Crippen LogP contribution in [0, 0.1) is 5.82 Å². The molecule has 6 rings (SSSR count). The van der Waals surface area contributed by atoms with Gasteiger partial charge in [0.1, 0.15) is 17.6 Å². The van der Waals surface area contributed by atoms with E-state index in [0.29, 0.717) is 29.3 Å². The first-order valence-corrected chi connectivity index (χ1v) is 12.9. The number of nitrogens with one attached hydrogen (secondary N) is 1. The van der Waals surface area contributed by atoms with Gasteiger partial charge in [-0.3, -0.25) is 19.3 Å². The molecule has 0 saturated heterocycles. The van der Waals surface area contributed by atoms with Gasteiger partial charge in [0.15, 0.2) is 5.78 Å². The second-order valence-corrected chi connectivity index (χ2v) is 10.4. The summed E-state index contributed by atoms with van der Waals surface area (Å²) in [5.41, 5.74) is 1.24. The number of pyridine rings is 1. The largest absolute Gasteiger partial charge is 0.419 e. The number of halogens is 4. The minimum atomic E-state index is -4.86. The highest BCUT2D eigenvalue weighted by atomic mass is 19.4. The van der Waals surface area contributed by atoms with Gasteiger partial charge in [-0.2, -0.15) is 18.3 Å². The third-order valence-corrected chi connectivity index (χ3v) is 7.37. The van der Waals surface area contributed by atoms with Crippen LogP contribution in [-0.4, -0.2) is 32.5 Å². The van der Waals surface area contributed by atoms with Crippen molar-refractivity contribution in [1.29, 1.82) is 0 Å². The van der Waals surface area contributed by atoms with Crippen molar-refractivity contribution in [3.8, 4) is 0 Å². The summed E-state index contributed by atoms with van der Waals surface area (Å²) >= 11 is 0. The van der Waals surface area contributed by atoms with Crippen LogP contribution in [0.1, 0.15) is 58.7 Å². The van der Waals surface area contributed by atoms with Gasteiger partial charge in [0.2, 0.25) is 0 Å². The van der Waals surface area contributed by atoms with Gasteiger partial charge in [0.25, 0.3) is 5.91 Å². The molecule has 2 aromatic carbocycles. The van der Waals surface area contributed by atoms with Gasteiger partial charge in [-0.15, -0.1) is 0 Å². The average Bonchev–Trinajstić information content (AvgIpc) is 3.62. The van der Waals surface area contributed by atoms with Crippen LogP contribution in [0.15, 0.2) is 72.1 Å². The molecule has 1 saturated carbocycles. The lowest BCUT2D eigenvalue weighted by molar-refractivity contribution is -0.140. The number of amides is 1. The Morgan fingerprint density at radius 1 is 1.05 bits per heavy atom. The monoisotopic (exact) mass is 548 g/mol. The third kappa shape index (κ3) is 4.89. The molecular weight excluding hydrogens is 524 g/mol. The van der Waals surface area contributed by atoms with Crippen molar-refractivity contribution < 1.29 is 27.2 Å². The molecule has 1 unspecified atom stereocenters. The average molecular weight is 549 g/mol. The molecule has 2 aliphatic rings. The van der Waals surface area contributed by atoms with Crippen molar-refractivity contribution in [1.82, 2.24) is 20.1 Å². The molecule has 40 heavy (non-hydrogen) atoms. The van der Waals surface area contributed by atoms with Crippen LogP contribution in [0.3, 0.4) is 0 Å². The van der Waals surface area contributed by atoms with Crippen molar-refractivity contribution in [3.05, 3.63) is 106 Å². The highest BCUT2D eigenvalue weighted by Gasteiger charge is 2.37. The number of nitrogens with zero attached hydrogens (tertiary/aromatic N) is 3. The zero-order valence-corrected chi connectivity index (χ0v) is 21.4. The molecule has 6 nitrogen and oxygen atoms in total. The normalized spacial score (nSPS) is 17.2. The Hall–Kier alpha value is -4.34. The van der Waals surface area contributed by atoms with Gasteiger partial charge in [-0.1, -0.05) is 29.8 Å². The first-order valence-electron chi connectivity index (χ1n) is 12.9. The number of Topliss-reactive ketones (excluding diaryl/α,β-unsaturated/α-hetero) is 1. The molecule has 1 aliphatic heterocycles. The minimum Gasteiger partial charge on any atom is -0.348 e. The first-order chi connectivity index (χ1) is 19.1. The van der Waals surface area contributed by atoms with Crippen molar-refractivity contribution in [2.45, 2.75) is 50.9 Å². The van der Waals surface area contributed by atoms with Crippen LogP contribution in [0.4, 0.5) is 17.6 Å². The maximum Gasteiger partial charge on any atom is 0.419 e. The van der Waals surface area contributed by atoms with E-state index in [-0.39, 0.29) is 35.4 Å². The second-order valence-electron chi connectivity index (χ2n) is 10.4. The van der Waals surface area contributed by atoms with Gasteiger partial charge in [0, 0.05) is 47.9 Å². The summed E-state index contributed by atoms with van der Waals surface area (Å²) in [6.45, 7) is 1.77. The number of hydrogen-bond acceptors (Lipinski definition) is 4. The highest BCUT2D eigenvalue weighted by molar-refractivity contribution is 6.00. The Kier molecular flexibility index (Phi) is 6.28. The number of fused-ring (bicyclic) bond motifs is 2. The summed E-state index contributed by atoms with van der Waals surface area (Å²) in [5.74, 6) is -2.07. The fourth-order valence-corrected chi connectivity index (χ4v) is 5.26. The second kappa shape index (κ2) is 9.69. The molecule has 1 amide bonds. The van der Waals surface area contributed by atoms with E-state index in [0.717, 1.165) is 35.2 Å². The number of benzene rings is 2. The summed E-state index contributed by atoms with van der Waals surface area (Å²) in [4.78, 5) is 30.7. The molecule has 0 radical (unpaired) electrons. The van der Waals surface area contributed by atoms with E-state index in [1.807, 2.05) is 24.3 Å². The number of hydrogen-bond donors (Lipinski definition) is 1. The van der Waals surface area contributed by atoms with Crippen molar-refractivity contribution >= 4 is 22.5 Å². The van der Waals surface area contributed by atoms with Gasteiger partial charge >= 0.3 is 6.18 Å². The Morgan fingerprint density at radius 3 is 2.58 bits per heavy atom. The maximum atomic E-state index is 14.8. The zero-order chi connectivity index (χ0) is 28.2. The smallest absolute Gasteiger partial charge is 0.348 e. The molecule has 1 fully saturated rings. The maximum absolute atomic E-state index is 14.8. The van der Waals surface area contributed by atoms with Gasteiger partial charge in [0.05, 0.1) is 5.56 Å². The number of carbonyl (C=O) groups excluding carboxylic acids is 2. The Bertz CT molecular complexity index is 1700. The van der Waals surface area contributed by atoms with Crippen molar-refractivity contribution in [2.24, 2.45) is 0 Å². The Morgan fingerprint density at radius 2 is 1.85 bits per heavy atom. The van der Waals surface area contributed by atoms with E-state index in [9.17, 15) is 27.2 Å². The van der Waals surface area contributed by atoms with E-state index in [1.165, 1.54) is 10.7 Å². The van der Waals surface area contributed by atoms with Crippen LogP contribution in [-0.2, 0) is 23.8 Å². The fourth-order valence-electron chi connectivity index (χ4n) is 5.26. The topological polar surface area (TPSA) is 76.9 Å². The van der Waals surface area contributed by atoms with Gasteiger partial charge in [-0.25, -0.2) is 4.39 Å². The zero-order valence-electron chi connectivity index (χ0n) is 21.4. The number of rotatable bonds is 6. The lowest BCUT2D eigenvalue weighted by Gasteiger charge is -2.29. The molecule has 1 aliphatic carbocycles. The summed E-state index contributed by atoms with van der Waals surface area (Å²) in [6, 6.07) is 10.8. The van der Waals surface area contributed by atoms with Crippen LogP contribution >= 0.6 is 0 Å². The first kappa shape index (κ1) is 25.9. The van der Waals surface area contributed by atoms with Crippen molar-refractivity contribution in [3.63, 3.8) is 0 Å². The molecule has 204 valence electrons. The van der Waals surface area contributed by atoms with Crippen LogP contribution < -0.4 is 5.32 Å². The number of ketones is 1. The SMILES string of the molecule is CC1=C(C(=O)Cc2ccc3cnccc3c2)C(c2ccc(C(F)(F)F)c(F)c2)n2nc(C(=O)NC3CC3)cc2C1. The number of allylic oxidation sites excluding steroid dienone is 2. The molecular formula is C30H24F4N4O2. The summed E-state index contributed by atoms with van der Waals surface area (Å²) < 4.78 is 56.2. The van der Waals surface area contributed by atoms with Gasteiger partial charge in [-0.05, 0) is 60.5 Å². The molecule has 4 aromatic rings. The number of aromatic nitrogens is 3. The van der Waals surface area contributed by atoms with E-state index in [2.05, 4.69) is 15.4 Å². The Labute approximate surface area is 226 Å². The lowest BCUT2D eigenvalue weighted by Crippen LogP contribution is -2.29. The summed E-state index contributed by atoms with van der Waals surface area (Å²) in [6.07, 6.45) is 0.627. The number of carbonyl (C=O) groups is 2. The molecule has 0 spiro atoms. The molecule has 10 heteroatoms. The Balaban J connectivity index is 1.41. The lowest BCUT2D eigenvalue weighted by atomic mass is 9.85. The van der Waals surface area contributed by atoms with Crippen molar-refractivity contribution in [2.75, 3.05) is 0 Å². The van der Waals surface area contributed by atoms with E-state index < -0.39 is 23.6 Å². The standard InChI is InChI=1S/C30H24F4N4O2/c1-16-10-22-14-25(29(40)36-21-5-6-21)37-38(22)28(19-4-7-23(24(31)13-19)30(32,33)34)27(16)26(39)12-17-2-3-20-15-35-9-8-18(20)11-17/h2-4,7-9,11,13-15,21,28H,5-6,10,12H2,1H3,(H,36,40). The molecule has 2 aromatic heterocycles. The quantitative estimate of drug-likeness (QED) is 0.311.